The molecule has 5 N–H and O–H groups in total. The van der Waals surface area contributed by atoms with Crippen LogP contribution in [0.4, 0.5) is 9.59 Å². The molecule has 1 aliphatic rings. The Kier molecular flexibility index (Phi) is 9.69. The van der Waals surface area contributed by atoms with E-state index >= 15 is 0 Å². The first-order valence-electron chi connectivity index (χ1n) is 10.2. The molecule has 1 heterocycles. The third-order valence-corrected chi connectivity index (χ3v) is 3.58. The monoisotopic (exact) mass is 458 g/mol. The van der Waals surface area contributed by atoms with E-state index in [1.54, 1.807) is 41.5 Å². The average Bonchev–Trinajstić information content (AvgIpc) is 2.90. The van der Waals surface area contributed by atoms with Gasteiger partial charge in [0.25, 0.3) is 5.96 Å². The van der Waals surface area contributed by atoms with E-state index < -0.39 is 29.4 Å². The highest BCUT2D eigenvalue weighted by Crippen LogP contribution is 2.08. The minimum Gasteiger partial charge on any atom is -0.444 e. The van der Waals surface area contributed by atoms with Crippen molar-refractivity contribution in [3.05, 3.63) is 0 Å². The zero-order valence-corrected chi connectivity index (χ0v) is 19.4. The van der Waals surface area contributed by atoms with Crippen LogP contribution < -0.4 is 21.7 Å². The molecule has 4 amide bonds. The summed E-state index contributed by atoms with van der Waals surface area (Å²) in [6.07, 6.45) is -1.21. The Morgan fingerprint density at radius 3 is 2.03 bits per heavy atom. The number of rotatable bonds is 6. The summed E-state index contributed by atoms with van der Waals surface area (Å²) < 4.78 is 10.2. The van der Waals surface area contributed by atoms with Gasteiger partial charge in [0, 0.05) is 6.54 Å². The Morgan fingerprint density at radius 1 is 1.06 bits per heavy atom. The van der Waals surface area contributed by atoms with Gasteiger partial charge in [0.1, 0.15) is 17.8 Å². The highest BCUT2D eigenvalue weighted by Gasteiger charge is 2.29. The molecular formula is C19H34N6O7. The van der Waals surface area contributed by atoms with Gasteiger partial charge >= 0.3 is 12.2 Å². The summed E-state index contributed by atoms with van der Waals surface area (Å²) in [7, 11) is 0. The topological polar surface area (TPSA) is 174 Å². The standard InChI is InChI=1S/C19H34N6O7/c1-18(2,3)31-16(28)22-15(23-17(29)32-19(4,5)6)24-30-10-8-21-13(26)11-25-9-7-12(20)14(25)27/h12H,7-11,20H2,1-6H3,(H,21,26)(H2,22,23,24,28,29)/t12-/m0/s1. The number of nitrogens with zero attached hydrogens (tertiary/aromatic N) is 2. The number of oxime groups is 1. The molecule has 1 saturated heterocycles. The second-order valence-corrected chi connectivity index (χ2v) is 9.03. The SMILES string of the molecule is CC(C)(C)OC(=O)NC(=NOCCNC(=O)CN1CC[C@H](N)C1=O)NC(=O)OC(C)(C)C. The molecule has 0 saturated carbocycles. The van der Waals surface area contributed by atoms with Crippen LogP contribution in [0.25, 0.3) is 0 Å². The number of hydrogen-bond donors (Lipinski definition) is 4. The lowest BCUT2D eigenvalue weighted by atomic mass is 10.2. The Balaban J connectivity index is 2.53. The normalized spacial score (nSPS) is 16.2. The lowest BCUT2D eigenvalue weighted by molar-refractivity contribution is -0.133. The first-order valence-corrected chi connectivity index (χ1v) is 10.2. The Bertz CT molecular complexity index is 695. The van der Waals surface area contributed by atoms with Crippen LogP contribution >= 0.6 is 0 Å². The molecule has 0 aromatic rings. The molecule has 0 unspecified atom stereocenters. The lowest BCUT2D eigenvalue weighted by Gasteiger charge is -2.21. The smallest absolute Gasteiger partial charge is 0.414 e. The molecule has 1 rings (SSSR count). The van der Waals surface area contributed by atoms with E-state index in [0.29, 0.717) is 13.0 Å². The van der Waals surface area contributed by atoms with Crippen molar-refractivity contribution in [3.63, 3.8) is 0 Å². The van der Waals surface area contributed by atoms with E-state index in [1.165, 1.54) is 4.90 Å². The highest BCUT2D eigenvalue weighted by molar-refractivity contribution is 6.01. The molecular weight excluding hydrogens is 424 g/mol. The third kappa shape index (κ3) is 11.3. The number of guanidine groups is 1. The van der Waals surface area contributed by atoms with Crippen molar-refractivity contribution >= 4 is 30.0 Å². The first-order chi connectivity index (χ1) is 14.7. The lowest BCUT2D eigenvalue weighted by Crippen LogP contribution is -2.47. The summed E-state index contributed by atoms with van der Waals surface area (Å²) in [6, 6.07) is -0.561. The van der Waals surface area contributed by atoms with Gasteiger partial charge in [0.15, 0.2) is 0 Å². The molecule has 0 aromatic carbocycles. The molecule has 1 fully saturated rings. The van der Waals surface area contributed by atoms with Crippen LogP contribution in [-0.4, -0.2) is 78.3 Å². The van der Waals surface area contributed by atoms with Gasteiger partial charge < -0.3 is 30.3 Å². The molecule has 1 atom stereocenters. The van der Waals surface area contributed by atoms with Crippen LogP contribution in [0.15, 0.2) is 5.16 Å². The van der Waals surface area contributed by atoms with E-state index in [0.717, 1.165) is 0 Å². The van der Waals surface area contributed by atoms with Gasteiger partial charge in [-0.1, -0.05) is 0 Å². The van der Waals surface area contributed by atoms with Gasteiger partial charge in [-0.05, 0) is 53.1 Å². The fraction of sp³-hybridized carbons (Fsp3) is 0.737. The fourth-order valence-corrected chi connectivity index (χ4v) is 2.37. The molecule has 13 heteroatoms. The van der Waals surface area contributed by atoms with E-state index in [2.05, 4.69) is 21.1 Å². The number of likely N-dealkylation sites (tertiary alicyclic amines) is 1. The predicted octanol–water partition coefficient (Wildman–Crippen LogP) is -0.000800. The van der Waals surface area contributed by atoms with Crippen molar-refractivity contribution in [2.24, 2.45) is 10.9 Å². The first kappa shape index (κ1) is 26.9. The van der Waals surface area contributed by atoms with Gasteiger partial charge in [-0.3, -0.25) is 20.2 Å². The van der Waals surface area contributed by atoms with Crippen LogP contribution in [0.5, 0.6) is 0 Å². The maximum absolute atomic E-state index is 12.0. The number of carbonyl (C=O) groups excluding carboxylic acids is 4. The number of ether oxygens (including phenoxy) is 2. The number of nitrogens with two attached hydrogens (primary N) is 1. The highest BCUT2D eigenvalue weighted by atomic mass is 16.6. The van der Waals surface area contributed by atoms with Crippen molar-refractivity contribution in [1.29, 1.82) is 0 Å². The second-order valence-electron chi connectivity index (χ2n) is 9.03. The van der Waals surface area contributed by atoms with Crippen LogP contribution in [-0.2, 0) is 23.9 Å². The molecule has 0 radical (unpaired) electrons. The summed E-state index contributed by atoms with van der Waals surface area (Å²) in [5.41, 5.74) is 4.07. The van der Waals surface area contributed by atoms with Crippen molar-refractivity contribution in [3.8, 4) is 0 Å². The van der Waals surface area contributed by atoms with Gasteiger partial charge in [-0.25, -0.2) is 9.59 Å². The molecule has 0 bridgehead atoms. The van der Waals surface area contributed by atoms with Crippen molar-refractivity contribution in [2.45, 2.75) is 65.2 Å². The van der Waals surface area contributed by atoms with Crippen LogP contribution in [0, 0.1) is 0 Å². The number of nitrogens with one attached hydrogen (secondary N) is 3. The molecule has 1 aliphatic heterocycles. The molecule has 0 spiro atoms. The average molecular weight is 459 g/mol. The Morgan fingerprint density at radius 2 is 1.59 bits per heavy atom. The van der Waals surface area contributed by atoms with Crippen molar-refractivity contribution in [2.75, 3.05) is 26.2 Å². The predicted molar refractivity (Wildman–Crippen MR) is 114 cm³/mol. The van der Waals surface area contributed by atoms with Crippen LogP contribution in [0.2, 0.25) is 0 Å². The zero-order valence-electron chi connectivity index (χ0n) is 19.4. The van der Waals surface area contributed by atoms with Crippen molar-refractivity contribution < 1.29 is 33.5 Å². The zero-order chi connectivity index (χ0) is 24.5. The number of carbonyl (C=O) groups is 4. The summed E-state index contributed by atoms with van der Waals surface area (Å²) in [5, 5.41) is 10.7. The quantitative estimate of drug-likeness (QED) is 0.186. The summed E-state index contributed by atoms with van der Waals surface area (Å²) in [4.78, 5) is 54.0. The molecule has 0 aromatic heterocycles. The molecule has 182 valence electrons. The molecule has 0 aliphatic carbocycles. The minimum atomic E-state index is -0.863. The largest absolute Gasteiger partial charge is 0.444 e. The number of amides is 4. The van der Waals surface area contributed by atoms with Crippen molar-refractivity contribution in [1.82, 2.24) is 20.9 Å². The fourth-order valence-electron chi connectivity index (χ4n) is 2.37. The summed E-state index contributed by atoms with van der Waals surface area (Å²) in [5.74, 6) is -0.984. The Hall–Kier alpha value is -3.09. The second kappa shape index (κ2) is 11.5. The summed E-state index contributed by atoms with van der Waals surface area (Å²) >= 11 is 0. The van der Waals surface area contributed by atoms with E-state index in [9.17, 15) is 19.2 Å². The Labute approximate surface area is 187 Å². The number of alkyl carbamates (subject to hydrolysis) is 2. The number of hydrogen-bond acceptors (Lipinski definition) is 9. The van der Waals surface area contributed by atoms with Gasteiger partial charge in [-0.2, -0.15) is 0 Å². The minimum absolute atomic E-state index is 0.0720. The van der Waals surface area contributed by atoms with Crippen LogP contribution in [0.3, 0.4) is 0 Å². The van der Waals surface area contributed by atoms with Gasteiger partial charge in [0.2, 0.25) is 11.8 Å². The van der Waals surface area contributed by atoms with Gasteiger partial charge in [-0.15, -0.1) is 0 Å². The van der Waals surface area contributed by atoms with E-state index in [1.807, 2.05) is 0 Å². The molecule has 32 heavy (non-hydrogen) atoms. The molecule has 13 nitrogen and oxygen atoms in total. The maximum atomic E-state index is 12.0. The van der Waals surface area contributed by atoms with E-state index in [-0.39, 0.29) is 37.5 Å². The van der Waals surface area contributed by atoms with E-state index in [4.69, 9.17) is 20.0 Å². The summed E-state index contributed by atoms with van der Waals surface area (Å²) in [6.45, 7) is 10.4. The van der Waals surface area contributed by atoms with Crippen LogP contribution in [0.1, 0.15) is 48.0 Å². The third-order valence-electron chi connectivity index (χ3n) is 3.58. The maximum Gasteiger partial charge on any atom is 0.414 e. The van der Waals surface area contributed by atoms with Gasteiger partial charge in [0.05, 0.1) is 19.1 Å².